The van der Waals surface area contributed by atoms with E-state index in [1.165, 1.54) is 18.2 Å². The molecule has 0 aromatic heterocycles. The fourth-order valence-corrected chi connectivity index (χ4v) is 3.55. The average Bonchev–Trinajstić information content (AvgIpc) is 2.42. The van der Waals surface area contributed by atoms with Gasteiger partial charge in [-0.25, -0.2) is 8.42 Å². The third-order valence-corrected chi connectivity index (χ3v) is 5.51. The Balaban J connectivity index is 2.38. The van der Waals surface area contributed by atoms with Gasteiger partial charge in [0.1, 0.15) is 4.90 Å². The number of hydrogen-bond donors (Lipinski definition) is 1. The first-order chi connectivity index (χ1) is 9.83. The van der Waals surface area contributed by atoms with E-state index in [-0.39, 0.29) is 9.92 Å². The second kappa shape index (κ2) is 6.06. The molecule has 0 aliphatic rings. The lowest BCUT2D eigenvalue weighted by molar-refractivity contribution is 0.601. The summed E-state index contributed by atoms with van der Waals surface area (Å²) >= 11 is 9.29. The summed E-state index contributed by atoms with van der Waals surface area (Å²) in [5, 5.41) is 8.78. The summed E-state index contributed by atoms with van der Waals surface area (Å²) in [5.74, 6) is 0. The van der Waals surface area contributed by atoms with Crippen molar-refractivity contribution in [2.24, 2.45) is 0 Å². The Kier molecular flexibility index (Phi) is 4.57. The molecule has 0 atom stereocenters. The number of halogens is 2. The lowest BCUT2D eigenvalue weighted by atomic mass is 10.2. The van der Waals surface area contributed by atoms with Crippen LogP contribution in [0.4, 0.5) is 5.69 Å². The molecule has 2 rings (SSSR count). The molecule has 108 valence electrons. The number of nitrogens with zero attached hydrogens (tertiary/aromatic N) is 1. The molecule has 7 heteroatoms. The summed E-state index contributed by atoms with van der Waals surface area (Å²) in [5.41, 5.74) is 1.65. The van der Waals surface area contributed by atoms with Crippen molar-refractivity contribution in [2.75, 3.05) is 4.72 Å². The fraction of sp³-hybridized carbons (Fsp3) is 0.0714. The molecule has 2 aromatic rings. The van der Waals surface area contributed by atoms with Crippen LogP contribution in [0.1, 0.15) is 11.1 Å². The second-order valence-corrected chi connectivity index (χ2v) is 7.24. The van der Waals surface area contributed by atoms with Crippen molar-refractivity contribution < 1.29 is 8.42 Å². The highest BCUT2D eigenvalue weighted by Crippen LogP contribution is 2.26. The Labute approximate surface area is 136 Å². The van der Waals surface area contributed by atoms with Crippen LogP contribution in [0, 0.1) is 18.3 Å². The van der Waals surface area contributed by atoms with Crippen molar-refractivity contribution in [1.29, 1.82) is 5.26 Å². The van der Waals surface area contributed by atoms with Crippen molar-refractivity contribution in [2.45, 2.75) is 11.8 Å². The van der Waals surface area contributed by atoms with Crippen molar-refractivity contribution >= 4 is 43.2 Å². The van der Waals surface area contributed by atoms with E-state index >= 15 is 0 Å². The van der Waals surface area contributed by atoms with Crippen LogP contribution in [0.15, 0.2) is 45.8 Å². The Morgan fingerprint density at radius 1 is 1.24 bits per heavy atom. The SMILES string of the molecule is Cc1cc(NS(=O)(=O)c2ccc(C#N)cc2Cl)ccc1Br. The minimum Gasteiger partial charge on any atom is -0.280 e. The van der Waals surface area contributed by atoms with E-state index in [1.807, 2.05) is 13.0 Å². The third kappa shape index (κ3) is 3.56. The Hall–Kier alpha value is -1.55. The molecule has 0 bridgehead atoms. The molecule has 0 spiro atoms. The molecule has 21 heavy (non-hydrogen) atoms. The molecule has 0 unspecified atom stereocenters. The quantitative estimate of drug-likeness (QED) is 0.865. The van der Waals surface area contributed by atoms with Gasteiger partial charge in [0.2, 0.25) is 0 Å². The van der Waals surface area contributed by atoms with E-state index in [0.717, 1.165) is 10.0 Å². The molecule has 0 aliphatic heterocycles. The van der Waals surface area contributed by atoms with Gasteiger partial charge in [-0.3, -0.25) is 4.72 Å². The van der Waals surface area contributed by atoms with E-state index in [2.05, 4.69) is 20.7 Å². The number of sulfonamides is 1. The van der Waals surface area contributed by atoms with Crippen LogP contribution in [0.3, 0.4) is 0 Å². The molecule has 4 nitrogen and oxygen atoms in total. The van der Waals surface area contributed by atoms with Crippen LogP contribution >= 0.6 is 27.5 Å². The number of aryl methyl sites for hydroxylation is 1. The Morgan fingerprint density at radius 2 is 1.95 bits per heavy atom. The van der Waals surface area contributed by atoms with Gasteiger partial charge in [-0.05, 0) is 48.9 Å². The first kappa shape index (κ1) is 15.8. The number of nitriles is 1. The van der Waals surface area contributed by atoms with E-state index in [0.29, 0.717) is 11.3 Å². The highest BCUT2D eigenvalue weighted by atomic mass is 79.9. The second-order valence-electron chi connectivity index (χ2n) is 4.33. The molecular weight excluding hydrogens is 376 g/mol. The van der Waals surface area contributed by atoms with E-state index in [4.69, 9.17) is 16.9 Å². The van der Waals surface area contributed by atoms with Gasteiger partial charge >= 0.3 is 0 Å². The van der Waals surface area contributed by atoms with Gasteiger partial charge in [-0.15, -0.1) is 0 Å². The normalized spacial score (nSPS) is 11.0. The highest BCUT2D eigenvalue weighted by Gasteiger charge is 2.18. The van der Waals surface area contributed by atoms with Gasteiger partial charge in [0.15, 0.2) is 0 Å². The van der Waals surface area contributed by atoms with Gasteiger partial charge in [-0.2, -0.15) is 5.26 Å². The van der Waals surface area contributed by atoms with Gasteiger partial charge in [0.25, 0.3) is 10.0 Å². The molecule has 0 radical (unpaired) electrons. The highest BCUT2D eigenvalue weighted by molar-refractivity contribution is 9.10. The van der Waals surface area contributed by atoms with Gasteiger partial charge in [0, 0.05) is 10.2 Å². The Morgan fingerprint density at radius 3 is 2.52 bits per heavy atom. The van der Waals surface area contributed by atoms with E-state index < -0.39 is 10.0 Å². The van der Waals surface area contributed by atoms with Crippen LogP contribution in [-0.2, 0) is 10.0 Å². The number of nitrogens with one attached hydrogen (secondary N) is 1. The van der Waals surface area contributed by atoms with Crippen molar-refractivity contribution in [3.63, 3.8) is 0 Å². The van der Waals surface area contributed by atoms with Gasteiger partial charge < -0.3 is 0 Å². The van der Waals surface area contributed by atoms with Crippen LogP contribution in [0.5, 0.6) is 0 Å². The molecule has 0 aliphatic carbocycles. The smallest absolute Gasteiger partial charge is 0.263 e. The lowest BCUT2D eigenvalue weighted by Gasteiger charge is -2.10. The molecule has 1 N–H and O–H groups in total. The fourth-order valence-electron chi connectivity index (χ4n) is 1.71. The summed E-state index contributed by atoms with van der Waals surface area (Å²) in [6.07, 6.45) is 0. The van der Waals surface area contributed by atoms with Gasteiger partial charge in [0.05, 0.1) is 16.7 Å². The molecular formula is C14H10BrClN2O2S. The molecule has 0 amide bonds. The summed E-state index contributed by atoms with van der Waals surface area (Å²) < 4.78 is 28.0. The molecule has 0 saturated carbocycles. The maximum atomic E-state index is 12.3. The van der Waals surface area contributed by atoms with Crippen LogP contribution in [0.2, 0.25) is 5.02 Å². The van der Waals surface area contributed by atoms with Crippen LogP contribution in [-0.4, -0.2) is 8.42 Å². The monoisotopic (exact) mass is 384 g/mol. The number of anilines is 1. The average molecular weight is 386 g/mol. The van der Waals surface area contributed by atoms with Crippen molar-refractivity contribution in [1.82, 2.24) is 0 Å². The number of benzene rings is 2. The number of hydrogen-bond acceptors (Lipinski definition) is 3. The predicted octanol–water partition coefficient (Wildman–Crippen LogP) is 4.08. The molecule has 0 fully saturated rings. The van der Waals surface area contributed by atoms with Crippen molar-refractivity contribution in [3.8, 4) is 6.07 Å². The topological polar surface area (TPSA) is 70.0 Å². The zero-order chi connectivity index (χ0) is 15.6. The molecule has 0 heterocycles. The summed E-state index contributed by atoms with van der Waals surface area (Å²) in [6, 6.07) is 11.1. The summed E-state index contributed by atoms with van der Waals surface area (Å²) in [7, 11) is -3.81. The standard InChI is InChI=1S/C14H10BrClN2O2S/c1-9-6-11(3-4-12(9)15)18-21(19,20)14-5-2-10(8-17)7-13(14)16/h2-7,18H,1H3. The van der Waals surface area contributed by atoms with E-state index in [1.54, 1.807) is 18.2 Å². The third-order valence-electron chi connectivity index (χ3n) is 2.76. The van der Waals surface area contributed by atoms with Crippen LogP contribution in [0.25, 0.3) is 0 Å². The summed E-state index contributed by atoms with van der Waals surface area (Å²) in [6.45, 7) is 1.86. The van der Waals surface area contributed by atoms with E-state index in [9.17, 15) is 8.42 Å². The van der Waals surface area contributed by atoms with Crippen molar-refractivity contribution in [3.05, 3.63) is 57.0 Å². The first-order valence-corrected chi connectivity index (χ1v) is 8.47. The predicted molar refractivity (Wildman–Crippen MR) is 85.9 cm³/mol. The maximum Gasteiger partial charge on any atom is 0.263 e. The summed E-state index contributed by atoms with van der Waals surface area (Å²) in [4.78, 5) is -0.0660. The Bertz CT molecular complexity index is 845. The zero-order valence-electron chi connectivity index (χ0n) is 10.9. The maximum absolute atomic E-state index is 12.3. The minimum atomic E-state index is -3.81. The van der Waals surface area contributed by atoms with Gasteiger partial charge in [-0.1, -0.05) is 27.5 Å². The molecule has 2 aromatic carbocycles. The number of rotatable bonds is 3. The largest absolute Gasteiger partial charge is 0.280 e. The first-order valence-electron chi connectivity index (χ1n) is 5.82. The lowest BCUT2D eigenvalue weighted by Crippen LogP contribution is -2.13. The zero-order valence-corrected chi connectivity index (χ0v) is 14.1. The molecule has 0 saturated heterocycles. The minimum absolute atomic E-state index is 0.00961. The van der Waals surface area contributed by atoms with Crippen LogP contribution < -0.4 is 4.72 Å².